The zero-order valence-corrected chi connectivity index (χ0v) is 11.5. The quantitative estimate of drug-likeness (QED) is 0.665. The lowest BCUT2D eigenvalue weighted by molar-refractivity contribution is -0.132. The molecule has 0 atom stereocenters. The van der Waals surface area contributed by atoms with Crippen molar-refractivity contribution in [2.45, 2.75) is 52.9 Å². The molecule has 0 aromatic rings. The molecule has 0 spiro atoms. The molecule has 1 saturated heterocycles. The Hall–Kier alpha value is -1.05. The predicted molar refractivity (Wildman–Crippen MR) is 72.9 cm³/mol. The molecule has 1 amide bonds. The van der Waals surface area contributed by atoms with Crippen LogP contribution in [-0.2, 0) is 4.79 Å². The van der Waals surface area contributed by atoms with Gasteiger partial charge in [-0.25, -0.2) is 0 Å². The Morgan fingerprint density at radius 2 is 2.00 bits per heavy atom. The molecule has 1 aliphatic heterocycles. The van der Waals surface area contributed by atoms with Gasteiger partial charge >= 0.3 is 0 Å². The SMILES string of the molecule is CC(C)=CCCC(C)=CCN1CCCCC1=O. The second kappa shape index (κ2) is 7.31. The van der Waals surface area contributed by atoms with Gasteiger partial charge in [-0.2, -0.15) is 0 Å². The maximum absolute atomic E-state index is 11.6. The molecule has 2 heteroatoms. The normalized spacial score (nSPS) is 17.2. The number of allylic oxidation sites excluding steroid dienone is 3. The van der Waals surface area contributed by atoms with Crippen molar-refractivity contribution in [2.24, 2.45) is 0 Å². The Bertz CT molecular complexity index is 311. The van der Waals surface area contributed by atoms with Gasteiger partial charge in [0, 0.05) is 19.5 Å². The van der Waals surface area contributed by atoms with E-state index in [0.29, 0.717) is 5.91 Å². The molecular formula is C15H25NO. The Morgan fingerprint density at radius 3 is 2.65 bits per heavy atom. The molecule has 1 fully saturated rings. The minimum atomic E-state index is 0.324. The summed E-state index contributed by atoms with van der Waals surface area (Å²) < 4.78 is 0. The van der Waals surface area contributed by atoms with E-state index in [0.717, 1.165) is 45.2 Å². The average molecular weight is 235 g/mol. The maximum Gasteiger partial charge on any atom is 0.222 e. The molecule has 0 N–H and O–H groups in total. The van der Waals surface area contributed by atoms with Crippen molar-refractivity contribution in [3.63, 3.8) is 0 Å². The molecule has 0 bridgehead atoms. The van der Waals surface area contributed by atoms with Gasteiger partial charge in [0.05, 0.1) is 0 Å². The number of hydrogen-bond donors (Lipinski definition) is 0. The third-order valence-electron chi connectivity index (χ3n) is 3.17. The summed E-state index contributed by atoms with van der Waals surface area (Å²) in [6.45, 7) is 8.17. The minimum absolute atomic E-state index is 0.324. The summed E-state index contributed by atoms with van der Waals surface area (Å²) in [4.78, 5) is 13.6. The van der Waals surface area contributed by atoms with Crippen LogP contribution < -0.4 is 0 Å². The highest BCUT2D eigenvalue weighted by Gasteiger charge is 2.16. The van der Waals surface area contributed by atoms with E-state index in [1.54, 1.807) is 0 Å². The molecule has 17 heavy (non-hydrogen) atoms. The Morgan fingerprint density at radius 1 is 1.24 bits per heavy atom. The Balaban J connectivity index is 2.31. The van der Waals surface area contributed by atoms with Gasteiger partial charge in [0.25, 0.3) is 0 Å². The first-order valence-electron chi connectivity index (χ1n) is 6.66. The first-order valence-corrected chi connectivity index (χ1v) is 6.66. The third kappa shape index (κ3) is 5.71. The molecule has 1 rings (SSSR count). The van der Waals surface area contributed by atoms with Gasteiger partial charge in [0.1, 0.15) is 0 Å². The number of hydrogen-bond acceptors (Lipinski definition) is 1. The number of nitrogens with zero attached hydrogens (tertiary/aromatic N) is 1. The fourth-order valence-electron chi connectivity index (χ4n) is 2.01. The number of likely N-dealkylation sites (tertiary alicyclic amines) is 1. The van der Waals surface area contributed by atoms with Gasteiger partial charge in [-0.05, 0) is 46.5 Å². The van der Waals surface area contributed by atoms with Crippen LogP contribution in [0.1, 0.15) is 52.9 Å². The monoisotopic (exact) mass is 235 g/mol. The highest BCUT2D eigenvalue weighted by molar-refractivity contribution is 5.76. The Kier molecular flexibility index (Phi) is 6.03. The fourth-order valence-corrected chi connectivity index (χ4v) is 2.01. The summed E-state index contributed by atoms with van der Waals surface area (Å²) in [6, 6.07) is 0. The molecule has 96 valence electrons. The number of rotatable bonds is 5. The van der Waals surface area contributed by atoms with Crippen LogP contribution in [0.15, 0.2) is 23.3 Å². The summed E-state index contributed by atoms with van der Waals surface area (Å²) in [6.07, 6.45) is 9.66. The molecule has 0 aromatic carbocycles. The van der Waals surface area contributed by atoms with E-state index >= 15 is 0 Å². The zero-order valence-electron chi connectivity index (χ0n) is 11.5. The number of piperidine rings is 1. The molecule has 0 aromatic heterocycles. The minimum Gasteiger partial charge on any atom is -0.339 e. The highest BCUT2D eigenvalue weighted by Crippen LogP contribution is 2.12. The van der Waals surface area contributed by atoms with Crippen LogP contribution in [0.3, 0.4) is 0 Å². The first-order chi connectivity index (χ1) is 8.09. The summed E-state index contributed by atoms with van der Waals surface area (Å²) in [7, 11) is 0. The van der Waals surface area contributed by atoms with Crippen molar-refractivity contribution < 1.29 is 4.79 Å². The van der Waals surface area contributed by atoms with Gasteiger partial charge in [-0.15, -0.1) is 0 Å². The van der Waals surface area contributed by atoms with Crippen molar-refractivity contribution in [3.05, 3.63) is 23.3 Å². The van der Waals surface area contributed by atoms with Crippen molar-refractivity contribution in [1.82, 2.24) is 4.90 Å². The van der Waals surface area contributed by atoms with Gasteiger partial charge in [-0.3, -0.25) is 4.79 Å². The van der Waals surface area contributed by atoms with Gasteiger partial charge in [0.15, 0.2) is 0 Å². The van der Waals surface area contributed by atoms with Gasteiger partial charge in [0.2, 0.25) is 5.91 Å². The second-order valence-corrected chi connectivity index (χ2v) is 5.17. The predicted octanol–water partition coefficient (Wildman–Crippen LogP) is 3.69. The molecule has 0 aliphatic carbocycles. The van der Waals surface area contributed by atoms with Gasteiger partial charge < -0.3 is 4.90 Å². The average Bonchev–Trinajstić information content (AvgIpc) is 2.27. The molecule has 1 aliphatic rings. The number of carbonyl (C=O) groups is 1. The molecule has 2 nitrogen and oxygen atoms in total. The van der Waals surface area contributed by atoms with E-state index in [2.05, 4.69) is 32.9 Å². The van der Waals surface area contributed by atoms with Crippen LogP contribution in [-0.4, -0.2) is 23.9 Å². The van der Waals surface area contributed by atoms with Crippen molar-refractivity contribution in [1.29, 1.82) is 0 Å². The summed E-state index contributed by atoms with van der Waals surface area (Å²) in [5, 5.41) is 0. The summed E-state index contributed by atoms with van der Waals surface area (Å²) >= 11 is 0. The molecule has 0 saturated carbocycles. The van der Waals surface area contributed by atoms with Crippen LogP contribution in [0.25, 0.3) is 0 Å². The van der Waals surface area contributed by atoms with Crippen LogP contribution in [0.2, 0.25) is 0 Å². The molecule has 0 radical (unpaired) electrons. The zero-order chi connectivity index (χ0) is 12.7. The summed E-state index contributed by atoms with van der Waals surface area (Å²) in [5.74, 6) is 0.324. The first kappa shape index (κ1) is 14.0. The highest BCUT2D eigenvalue weighted by atomic mass is 16.2. The topological polar surface area (TPSA) is 20.3 Å². The maximum atomic E-state index is 11.6. The lowest BCUT2D eigenvalue weighted by Gasteiger charge is -2.25. The van der Waals surface area contributed by atoms with Crippen molar-refractivity contribution >= 4 is 5.91 Å². The lowest BCUT2D eigenvalue weighted by Crippen LogP contribution is -2.35. The van der Waals surface area contributed by atoms with Crippen LogP contribution in [0.4, 0.5) is 0 Å². The van der Waals surface area contributed by atoms with Crippen LogP contribution in [0, 0.1) is 0 Å². The standard InChI is InChI=1S/C15H25NO/c1-13(2)7-6-8-14(3)10-12-16-11-5-4-9-15(16)17/h7,10H,4-6,8-9,11-12H2,1-3H3. The van der Waals surface area contributed by atoms with E-state index in [1.165, 1.54) is 11.1 Å². The van der Waals surface area contributed by atoms with E-state index in [-0.39, 0.29) is 0 Å². The smallest absolute Gasteiger partial charge is 0.222 e. The third-order valence-corrected chi connectivity index (χ3v) is 3.17. The van der Waals surface area contributed by atoms with Crippen LogP contribution >= 0.6 is 0 Å². The largest absolute Gasteiger partial charge is 0.339 e. The number of carbonyl (C=O) groups excluding carboxylic acids is 1. The van der Waals surface area contributed by atoms with Crippen molar-refractivity contribution in [3.8, 4) is 0 Å². The van der Waals surface area contributed by atoms with E-state index in [4.69, 9.17) is 0 Å². The van der Waals surface area contributed by atoms with Gasteiger partial charge in [-0.1, -0.05) is 23.3 Å². The van der Waals surface area contributed by atoms with E-state index in [1.807, 2.05) is 4.90 Å². The number of amides is 1. The van der Waals surface area contributed by atoms with E-state index < -0.39 is 0 Å². The lowest BCUT2D eigenvalue weighted by atomic mass is 10.1. The van der Waals surface area contributed by atoms with Crippen molar-refractivity contribution in [2.75, 3.05) is 13.1 Å². The molecule has 0 unspecified atom stereocenters. The fraction of sp³-hybridized carbons (Fsp3) is 0.667. The van der Waals surface area contributed by atoms with Crippen LogP contribution in [0.5, 0.6) is 0 Å². The molecular weight excluding hydrogens is 210 g/mol. The summed E-state index contributed by atoms with van der Waals surface area (Å²) in [5.41, 5.74) is 2.77. The van der Waals surface area contributed by atoms with E-state index in [9.17, 15) is 4.79 Å². The second-order valence-electron chi connectivity index (χ2n) is 5.17. The molecule has 1 heterocycles. The Labute approximate surface area is 105 Å².